The van der Waals surface area contributed by atoms with E-state index >= 15 is 0 Å². The molecule has 2 aliphatic heterocycles. The van der Waals surface area contributed by atoms with Gasteiger partial charge in [0.2, 0.25) is 5.91 Å². The third-order valence-corrected chi connectivity index (χ3v) is 6.55. The summed E-state index contributed by atoms with van der Waals surface area (Å²) in [4.78, 5) is 55.4. The Morgan fingerprint density at radius 1 is 0.941 bits per heavy atom. The largest absolute Gasteiger partial charge is 0.459 e. The second kappa shape index (κ2) is 8.33. The molecule has 3 aromatic rings. The van der Waals surface area contributed by atoms with Crippen LogP contribution in [-0.2, 0) is 15.1 Å². The normalized spacial score (nSPS) is 20.7. The summed E-state index contributed by atoms with van der Waals surface area (Å²) in [5, 5.41) is 4.75. The van der Waals surface area contributed by atoms with Crippen molar-refractivity contribution in [2.24, 2.45) is 0 Å². The Morgan fingerprint density at radius 3 is 2.35 bits per heavy atom. The number of urea groups is 1. The van der Waals surface area contributed by atoms with Crippen molar-refractivity contribution in [2.45, 2.75) is 12.5 Å². The van der Waals surface area contributed by atoms with Crippen LogP contribution in [0, 0.1) is 0 Å². The van der Waals surface area contributed by atoms with Crippen molar-refractivity contribution in [3.05, 3.63) is 72.2 Å². The average molecular weight is 460 g/mol. The SMILES string of the molecule is CC1(c2ccc3ccccc3c2)NC(=O)N(CC(=O)N2CCN(C(=O)c3ccco3)CC2)C1=O. The topological polar surface area (TPSA) is 103 Å². The summed E-state index contributed by atoms with van der Waals surface area (Å²) in [6, 6.07) is 16.0. The quantitative estimate of drug-likeness (QED) is 0.601. The molecule has 0 spiro atoms. The number of nitrogens with one attached hydrogen (secondary N) is 1. The van der Waals surface area contributed by atoms with Crippen molar-refractivity contribution < 1.29 is 23.6 Å². The van der Waals surface area contributed by atoms with E-state index in [4.69, 9.17) is 4.42 Å². The van der Waals surface area contributed by atoms with Gasteiger partial charge in [0.15, 0.2) is 5.76 Å². The lowest BCUT2D eigenvalue weighted by Crippen LogP contribution is -2.53. The summed E-state index contributed by atoms with van der Waals surface area (Å²) in [5.41, 5.74) is -0.597. The van der Waals surface area contributed by atoms with Crippen molar-refractivity contribution in [3.8, 4) is 0 Å². The Bertz CT molecular complexity index is 1280. The molecule has 0 bridgehead atoms. The molecular formula is C25H24N4O5. The Balaban J connectivity index is 1.25. The van der Waals surface area contributed by atoms with Gasteiger partial charge < -0.3 is 19.5 Å². The van der Waals surface area contributed by atoms with Gasteiger partial charge >= 0.3 is 6.03 Å². The number of carbonyl (C=O) groups is 4. The molecule has 2 fully saturated rings. The molecule has 9 heteroatoms. The van der Waals surface area contributed by atoms with Crippen molar-refractivity contribution in [1.29, 1.82) is 0 Å². The minimum atomic E-state index is -1.25. The molecule has 2 saturated heterocycles. The van der Waals surface area contributed by atoms with E-state index in [-0.39, 0.29) is 24.1 Å². The monoisotopic (exact) mass is 460 g/mol. The molecule has 0 aliphatic carbocycles. The predicted molar refractivity (Wildman–Crippen MR) is 123 cm³/mol. The zero-order valence-corrected chi connectivity index (χ0v) is 18.7. The van der Waals surface area contributed by atoms with E-state index in [9.17, 15) is 19.2 Å². The molecule has 3 heterocycles. The van der Waals surface area contributed by atoms with Gasteiger partial charge in [0.1, 0.15) is 12.1 Å². The maximum Gasteiger partial charge on any atom is 0.325 e. The summed E-state index contributed by atoms with van der Waals surface area (Å²) < 4.78 is 5.15. The first kappa shape index (κ1) is 21.7. The highest BCUT2D eigenvalue weighted by Gasteiger charge is 2.49. The molecule has 1 N–H and O–H groups in total. The van der Waals surface area contributed by atoms with Gasteiger partial charge in [-0.1, -0.05) is 36.4 Å². The van der Waals surface area contributed by atoms with Gasteiger partial charge in [0.05, 0.1) is 6.26 Å². The zero-order valence-electron chi connectivity index (χ0n) is 18.7. The van der Waals surface area contributed by atoms with Crippen molar-refractivity contribution in [3.63, 3.8) is 0 Å². The van der Waals surface area contributed by atoms with Crippen LogP contribution < -0.4 is 5.32 Å². The van der Waals surface area contributed by atoms with E-state index < -0.39 is 17.5 Å². The fraction of sp³-hybridized carbons (Fsp3) is 0.280. The number of imide groups is 1. The van der Waals surface area contributed by atoms with E-state index in [1.807, 2.05) is 42.5 Å². The number of fused-ring (bicyclic) bond motifs is 1. The van der Waals surface area contributed by atoms with Crippen LogP contribution >= 0.6 is 0 Å². The van der Waals surface area contributed by atoms with Gasteiger partial charge in [-0.05, 0) is 41.5 Å². The molecule has 34 heavy (non-hydrogen) atoms. The third kappa shape index (κ3) is 3.68. The lowest BCUT2D eigenvalue weighted by atomic mass is 9.90. The maximum atomic E-state index is 13.3. The Morgan fingerprint density at radius 2 is 1.65 bits per heavy atom. The van der Waals surface area contributed by atoms with Crippen LogP contribution in [0.1, 0.15) is 23.0 Å². The first-order chi connectivity index (χ1) is 16.4. The summed E-state index contributed by atoms with van der Waals surface area (Å²) in [7, 11) is 0. The highest BCUT2D eigenvalue weighted by atomic mass is 16.3. The molecule has 0 saturated carbocycles. The highest BCUT2D eigenvalue weighted by molar-refractivity contribution is 6.09. The molecule has 2 aliphatic rings. The van der Waals surface area contributed by atoms with Crippen LogP contribution in [0.2, 0.25) is 0 Å². The van der Waals surface area contributed by atoms with Gasteiger partial charge in [0, 0.05) is 26.2 Å². The van der Waals surface area contributed by atoms with Crippen molar-refractivity contribution in [1.82, 2.24) is 20.0 Å². The molecule has 2 aromatic carbocycles. The highest BCUT2D eigenvalue weighted by Crippen LogP contribution is 2.31. The zero-order chi connectivity index (χ0) is 23.9. The van der Waals surface area contributed by atoms with E-state index in [1.54, 1.807) is 28.9 Å². The Kier molecular flexibility index (Phi) is 5.31. The number of rotatable bonds is 4. The number of furan rings is 1. The summed E-state index contributed by atoms with van der Waals surface area (Å²) in [6.07, 6.45) is 1.44. The fourth-order valence-electron chi connectivity index (χ4n) is 4.49. The van der Waals surface area contributed by atoms with Crippen molar-refractivity contribution in [2.75, 3.05) is 32.7 Å². The molecule has 9 nitrogen and oxygen atoms in total. The van der Waals surface area contributed by atoms with Crippen LogP contribution in [0.5, 0.6) is 0 Å². The maximum absolute atomic E-state index is 13.3. The van der Waals surface area contributed by atoms with Crippen LogP contribution in [-0.4, -0.2) is 71.2 Å². The van der Waals surface area contributed by atoms with Gasteiger partial charge in [-0.25, -0.2) is 4.79 Å². The van der Waals surface area contributed by atoms with Crippen LogP contribution in [0.15, 0.2) is 65.3 Å². The van der Waals surface area contributed by atoms with Gasteiger partial charge in [-0.3, -0.25) is 19.3 Å². The molecule has 5 amide bonds. The van der Waals surface area contributed by atoms with Crippen LogP contribution in [0.3, 0.4) is 0 Å². The average Bonchev–Trinajstić information content (AvgIpc) is 3.47. The number of nitrogens with zero attached hydrogens (tertiary/aromatic N) is 3. The molecule has 1 atom stereocenters. The second-order valence-corrected chi connectivity index (χ2v) is 8.66. The van der Waals surface area contributed by atoms with Gasteiger partial charge in [0.25, 0.3) is 11.8 Å². The first-order valence-corrected chi connectivity index (χ1v) is 11.1. The number of amides is 5. The molecular weight excluding hydrogens is 436 g/mol. The standard InChI is InChI=1S/C25H24N4O5/c1-25(19-9-8-17-5-2-3-6-18(17)15-19)23(32)29(24(33)26-25)16-21(30)27-10-12-28(13-11-27)22(31)20-7-4-14-34-20/h2-9,14-15H,10-13,16H2,1H3,(H,26,33). The van der Waals surface area contributed by atoms with E-state index in [0.717, 1.165) is 15.7 Å². The number of benzene rings is 2. The minimum Gasteiger partial charge on any atom is -0.459 e. The second-order valence-electron chi connectivity index (χ2n) is 8.66. The fourth-order valence-corrected chi connectivity index (χ4v) is 4.49. The minimum absolute atomic E-state index is 0.225. The molecule has 1 unspecified atom stereocenters. The van der Waals surface area contributed by atoms with E-state index in [1.165, 1.54) is 6.26 Å². The smallest absolute Gasteiger partial charge is 0.325 e. The first-order valence-electron chi connectivity index (χ1n) is 11.1. The summed E-state index contributed by atoms with van der Waals surface area (Å²) in [5.74, 6) is -0.770. The third-order valence-electron chi connectivity index (χ3n) is 6.55. The number of hydrogen-bond donors (Lipinski definition) is 1. The summed E-state index contributed by atoms with van der Waals surface area (Å²) in [6.45, 7) is 2.63. The Labute approximate surface area is 195 Å². The van der Waals surface area contributed by atoms with Crippen molar-refractivity contribution >= 4 is 34.5 Å². The molecule has 5 rings (SSSR count). The van der Waals surface area contributed by atoms with E-state index in [0.29, 0.717) is 31.7 Å². The summed E-state index contributed by atoms with van der Waals surface area (Å²) >= 11 is 0. The van der Waals surface area contributed by atoms with Crippen LogP contribution in [0.4, 0.5) is 4.79 Å². The number of piperazine rings is 1. The lowest BCUT2D eigenvalue weighted by molar-refractivity contribution is -0.139. The predicted octanol–water partition coefficient (Wildman–Crippen LogP) is 2.18. The van der Waals surface area contributed by atoms with Gasteiger partial charge in [-0.2, -0.15) is 0 Å². The number of carbonyl (C=O) groups excluding carboxylic acids is 4. The molecule has 0 radical (unpaired) electrons. The molecule has 174 valence electrons. The Hall–Kier alpha value is -4.14. The number of hydrogen-bond acceptors (Lipinski definition) is 5. The molecule has 1 aromatic heterocycles. The van der Waals surface area contributed by atoms with Gasteiger partial charge in [-0.15, -0.1) is 0 Å². The lowest BCUT2D eigenvalue weighted by Gasteiger charge is -2.34. The van der Waals surface area contributed by atoms with E-state index in [2.05, 4.69) is 5.32 Å². The van der Waals surface area contributed by atoms with Crippen LogP contribution in [0.25, 0.3) is 10.8 Å².